The maximum absolute atomic E-state index is 12.0. The minimum atomic E-state index is -3.61. The van der Waals surface area contributed by atoms with Crippen molar-refractivity contribution in [2.45, 2.75) is 6.42 Å². The third kappa shape index (κ3) is 3.62. The number of anilines is 1. The van der Waals surface area contributed by atoms with Crippen LogP contribution in [-0.4, -0.2) is 38.7 Å². The monoisotopic (exact) mass is 382 g/mol. The Morgan fingerprint density at radius 1 is 1.55 bits per heavy atom. The number of pyridine rings is 1. The Bertz CT molecular complexity index is 637. The van der Waals surface area contributed by atoms with Crippen molar-refractivity contribution in [1.82, 2.24) is 4.98 Å². The Kier molecular flexibility index (Phi) is 4.55. The number of rotatable bonds is 4. The average Bonchev–Trinajstić information content (AvgIpc) is 2.67. The molecular weight excluding hydrogens is 372 g/mol. The van der Waals surface area contributed by atoms with Crippen molar-refractivity contribution < 1.29 is 17.9 Å². The summed E-state index contributed by atoms with van der Waals surface area (Å²) in [4.78, 5) is 17.6. The topological polar surface area (TPSA) is 76.6 Å². The summed E-state index contributed by atoms with van der Waals surface area (Å²) >= 11 is 3.28. The van der Waals surface area contributed by atoms with Gasteiger partial charge in [-0.3, -0.25) is 4.79 Å². The number of carbonyl (C=O) groups excluding carboxylic acids is 1. The lowest BCUT2D eigenvalue weighted by molar-refractivity contribution is -0.117. The van der Waals surface area contributed by atoms with Crippen LogP contribution in [0.2, 0.25) is 0 Å². The van der Waals surface area contributed by atoms with Crippen molar-refractivity contribution in [1.29, 1.82) is 0 Å². The SMILES string of the molecule is COc1ccc(N2CC(CS(=O)(=O)Cl)CC2=O)c(Br)n1. The predicted molar refractivity (Wildman–Crippen MR) is 78.6 cm³/mol. The van der Waals surface area contributed by atoms with Crippen LogP contribution in [-0.2, 0) is 13.8 Å². The van der Waals surface area contributed by atoms with Crippen LogP contribution in [0.3, 0.4) is 0 Å². The van der Waals surface area contributed by atoms with E-state index in [1.807, 2.05) is 0 Å². The molecule has 1 aromatic heterocycles. The number of halogens is 2. The molecule has 9 heteroatoms. The molecule has 1 amide bonds. The molecule has 6 nitrogen and oxygen atoms in total. The van der Waals surface area contributed by atoms with Crippen molar-refractivity contribution in [3.05, 3.63) is 16.7 Å². The smallest absolute Gasteiger partial charge is 0.232 e. The van der Waals surface area contributed by atoms with Crippen molar-refractivity contribution >= 4 is 47.3 Å². The Hall–Kier alpha value is -0.860. The molecule has 1 unspecified atom stereocenters. The van der Waals surface area contributed by atoms with Crippen LogP contribution >= 0.6 is 26.6 Å². The van der Waals surface area contributed by atoms with E-state index in [0.29, 0.717) is 22.7 Å². The fourth-order valence-electron chi connectivity index (χ4n) is 2.13. The number of amides is 1. The molecule has 1 aliphatic rings. The van der Waals surface area contributed by atoms with E-state index in [0.717, 1.165) is 0 Å². The standard InChI is InChI=1S/C11H12BrClN2O4S/c1-19-9-3-2-8(11(12)14-9)15-5-7(4-10(15)16)6-20(13,17)18/h2-3,7H,4-6H2,1H3. The number of methoxy groups -OCH3 is 1. The first-order valence-electron chi connectivity index (χ1n) is 5.73. The van der Waals surface area contributed by atoms with Gasteiger partial charge in [0, 0.05) is 35.6 Å². The van der Waals surface area contributed by atoms with Gasteiger partial charge in [0.25, 0.3) is 0 Å². The molecule has 0 aromatic carbocycles. The van der Waals surface area contributed by atoms with Crippen LogP contribution in [0, 0.1) is 5.92 Å². The third-order valence-corrected chi connectivity index (χ3v) is 4.77. The zero-order valence-electron chi connectivity index (χ0n) is 10.5. The molecule has 2 heterocycles. The first-order valence-corrected chi connectivity index (χ1v) is 9.00. The highest BCUT2D eigenvalue weighted by Gasteiger charge is 2.34. The van der Waals surface area contributed by atoms with Crippen LogP contribution in [0.25, 0.3) is 0 Å². The zero-order chi connectivity index (χ0) is 14.9. The van der Waals surface area contributed by atoms with Crippen LogP contribution < -0.4 is 9.64 Å². The largest absolute Gasteiger partial charge is 0.481 e. The van der Waals surface area contributed by atoms with Crippen LogP contribution in [0.5, 0.6) is 5.88 Å². The molecule has 1 fully saturated rings. The summed E-state index contributed by atoms with van der Waals surface area (Å²) < 4.78 is 27.6. The number of nitrogens with zero attached hydrogens (tertiary/aromatic N) is 2. The summed E-state index contributed by atoms with van der Waals surface area (Å²) in [7, 11) is 3.12. The highest BCUT2D eigenvalue weighted by molar-refractivity contribution is 9.10. The van der Waals surface area contributed by atoms with Crippen LogP contribution in [0.15, 0.2) is 16.7 Å². The van der Waals surface area contributed by atoms with E-state index >= 15 is 0 Å². The second-order valence-electron chi connectivity index (χ2n) is 4.44. The number of carbonyl (C=O) groups is 1. The van der Waals surface area contributed by atoms with Gasteiger partial charge in [0.1, 0.15) is 4.60 Å². The van der Waals surface area contributed by atoms with Gasteiger partial charge < -0.3 is 9.64 Å². The first kappa shape index (κ1) is 15.5. The fraction of sp³-hybridized carbons (Fsp3) is 0.455. The summed E-state index contributed by atoms with van der Waals surface area (Å²) in [5.74, 6) is -0.244. The molecule has 2 rings (SSSR count). The summed E-state index contributed by atoms with van der Waals surface area (Å²) in [5.41, 5.74) is 0.588. The lowest BCUT2D eigenvalue weighted by Gasteiger charge is -2.18. The summed E-state index contributed by atoms with van der Waals surface area (Å²) in [5, 5.41) is 0. The molecule has 1 aliphatic heterocycles. The Balaban J connectivity index is 2.20. The van der Waals surface area contributed by atoms with Gasteiger partial charge in [-0.2, -0.15) is 0 Å². The number of aromatic nitrogens is 1. The molecule has 1 saturated heterocycles. The maximum atomic E-state index is 12.0. The van der Waals surface area contributed by atoms with Gasteiger partial charge in [0.05, 0.1) is 18.6 Å². The van der Waals surface area contributed by atoms with Crippen LogP contribution in [0.1, 0.15) is 6.42 Å². The first-order chi connectivity index (χ1) is 9.30. The molecule has 0 bridgehead atoms. The Labute approximate surface area is 129 Å². The van der Waals surface area contributed by atoms with Gasteiger partial charge in [-0.25, -0.2) is 13.4 Å². The minimum absolute atomic E-state index is 0.150. The molecule has 1 atom stereocenters. The minimum Gasteiger partial charge on any atom is -0.481 e. The van der Waals surface area contributed by atoms with E-state index in [1.165, 1.54) is 12.0 Å². The quantitative estimate of drug-likeness (QED) is 0.585. The molecule has 110 valence electrons. The number of hydrogen-bond acceptors (Lipinski definition) is 5. The number of ether oxygens (including phenoxy) is 1. The van der Waals surface area contributed by atoms with E-state index in [4.69, 9.17) is 15.4 Å². The summed E-state index contributed by atoms with van der Waals surface area (Å²) in [6.07, 6.45) is 0.157. The van der Waals surface area contributed by atoms with Gasteiger partial charge in [0.15, 0.2) is 0 Å². The Morgan fingerprint density at radius 2 is 2.25 bits per heavy atom. The fourth-order valence-corrected chi connectivity index (χ4v) is 3.97. The van der Waals surface area contributed by atoms with Gasteiger partial charge in [-0.1, -0.05) is 0 Å². The van der Waals surface area contributed by atoms with Gasteiger partial charge >= 0.3 is 0 Å². The molecule has 0 saturated carbocycles. The molecule has 0 aliphatic carbocycles. The molecule has 20 heavy (non-hydrogen) atoms. The second-order valence-corrected chi connectivity index (χ2v) is 8.02. The van der Waals surface area contributed by atoms with Crippen molar-refractivity contribution in [2.24, 2.45) is 5.92 Å². The van der Waals surface area contributed by atoms with E-state index in [-0.39, 0.29) is 24.0 Å². The molecule has 1 aromatic rings. The average molecular weight is 384 g/mol. The normalized spacial score (nSPS) is 19.4. The van der Waals surface area contributed by atoms with E-state index in [2.05, 4.69) is 20.9 Å². The van der Waals surface area contributed by atoms with E-state index < -0.39 is 9.05 Å². The Morgan fingerprint density at radius 3 is 2.80 bits per heavy atom. The summed E-state index contributed by atoms with van der Waals surface area (Å²) in [6.45, 7) is 0.303. The highest BCUT2D eigenvalue weighted by Crippen LogP contribution is 2.32. The molecule has 0 spiro atoms. The molecular formula is C11H12BrClN2O4S. The third-order valence-electron chi connectivity index (χ3n) is 2.94. The van der Waals surface area contributed by atoms with E-state index in [9.17, 15) is 13.2 Å². The lowest BCUT2D eigenvalue weighted by atomic mass is 10.1. The highest BCUT2D eigenvalue weighted by atomic mass is 79.9. The van der Waals surface area contributed by atoms with Crippen molar-refractivity contribution in [2.75, 3.05) is 24.3 Å². The van der Waals surface area contributed by atoms with Crippen molar-refractivity contribution in [3.8, 4) is 5.88 Å². The lowest BCUT2D eigenvalue weighted by Crippen LogP contribution is -2.26. The predicted octanol–water partition coefficient (Wildman–Crippen LogP) is 1.77. The van der Waals surface area contributed by atoms with Crippen LogP contribution in [0.4, 0.5) is 5.69 Å². The van der Waals surface area contributed by atoms with Gasteiger partial charge in [0.2, 0.25) is 20.8 Å². The molecule has 0 radical (unpaired) electrons. The summed E-state index contributed by atoms with van der Waals surface area (Å²) in [6, 6.07) is 3.34. The van der Waals surface area contributed by atoms with E-state index in [1.54, 1.807) is 12.1 Å². The van der Waals surface area contributed by atoms with Gasteiger partial charge in [-0.05, 0) is 22.0 Å². The number of hydrogen-bond donors (Lipinski definition) is 0. The van der Waals surface area contributed by atoms with Gasteiger partial charge in [-0.15, -0.1) is 0 Å². The zero-order valence-corrected chi connectivity index (χ0v) is 13.7. The maximum Gasteiger partial charge on any atom is 0.232 e. The second kappa shape index (κ2) is 5.87. The van der Waals surface area contributed by atoms with Crippen molar-refractivity contribution in [3.63, 3.8) is 0 Å². The molecule has 0 N–H and O–H groups in total.